The summed E-state index contributed by atoms with van der Waals surface area (Å²) >= 11 is 0. The number of anilines is 2. The van der Waals surface area contributed by atoms with Gasteiger partial charge >= 0.3 is 0 Å². The van der Waals surface area contributed by atoms with Gasteiger partial charge in [0.1, 0.15) is 11.5 Å². The van der Waals surface area contributed by atoms with Crippen molar-refractivity contribution in [2.75, 3.05) is 19.0 Å². The maximum Gasteiger partial charge on any atom is 0.290 e. The van der Waals surface area contributed by atoms with Gasteiger partial charge in [0.25, 0.3) is 5.91 Å². The second-order valence-corrected chi connectivity index (χ2v) is 8.21. The Morgan fingerprint density at radius 1 is 1.23 bits per heavy atom. The molecule has 12 heteroatoms. The van der Waals surface area contributed by atoms with Gasteiger partial charge in [0.15, 0.2) is 17.5 Å². The first-order chi connectivity index (χ1) is 16.9. The van der Waals surface area contributed by atoms with Crippen LogP contribution in [0.1, 0.15) is 21.7 Å². The molecule has 35 heavy (non-hydrogen) atoms. The molecule has 0 saturated carbocycles. The van der Waals surface area contributed by atoms with Crippen molar-refractivity contribution in [2.45, 2.75) is 26.1 Å². The van der Waals surface area contributed by atoms with Crippen LogP contribution < -0.4 is 5.32 Å². The normalized spacial score (nSPS) is 15.4. The van der Waals surface area contributed by atoms with Crippen molar-refractivity contribution in [1.82, 2.24) is 34.6 Å². The number of hydrogen-bond donors (Lipinski definition) is 2. The number of rotatable bonds is 7. The first-order valence-corrected chi connectivity index (χ1v) is 10.8. The molecule has 4 aromatic rings. The number of carbonyl (C=O) groups excluding carboxylic acids is 1. The van der Waals surface area contributed by atoms with Gasteiger partial charge < -0.3 is 19.5 Å². The highest BCUT2D eigenvalue weighted by Gasteiger charge is 2.35. The average molecular weight is 480 g/mol. The fourth-order valence-electron chi connectivity index (χ4n) is 4.04. The predicted octanol–water partition coefficient (Wildman–Crippen LogP) is 3.06. The smallest absolute Gasteiger partial charge is 0.290 e. The van der Waals surface area contributed by atoms with Crippen LogP contribution in [0.15, 0.2) is 42.9 Å². The van der Waals surface area contributed by atoms with Crippen molar-refractivity contribution < 1.29 is 18.3 Å². The van der Waals surface area contributed by atoms with Gasteiger partial charge in [-0.1, -0.05) is 6.07 Å². The number of imidazole rings is 1. The molecule has 2 N–H and O–H groups in total. The van der Waals surface area contributed by atoms with E-state index in [1.54, 1.807) is 41.2 Å². The summed E-state index contributed by atoms with van der Waals surface area (Å²) < 4.78 is 34.2. The van der Waals surface area contributed by atoms with E-state index in [0.29, 0.717) is 35.3 Å². The predicted molar refractivity (Wildman–Crippen MR) is 122 cm³/mol. The first-order valence-electron chi connectivity index (χ1n) is 10.8. The Balaban J connectivity index is 1.46. The lowest BCUT2D eigenvalue weighted by Gasteiger charge is -2.35. The van der Waals surface area contributed by atoms with Crippen LogP contribution in [0, 0.1) is 18.6 Å². The number of benzene rings is 1. The molecule has 0 unspecified atom stereocenters. The molecular weight excluding hydrogens is 458 g/mol. The highest BCUT2D eigenvalue weighted by Crippen LogP contribution is 2.27. The topological polar surface area (TPSA) is 114 Å². The molecule has 5 rings (SSSR count). The summed E-state index contributed by atoms with van der Waals surface area (Å²) in [5.41, 5.74) is 2.36. The van der Waals surface area contributed by atoms with E-state index in [9.17, 15) is 13.6 Å². The summed E-state index contributed by atoms with van der Waals surface area (Å²) in [6.07, 6.45) is 5.05. The van der Waals surface area contributed by atoms with Crippen LogP contribution in [0.4, 0.5) is 20.5 Å². The number of H-pyrrole nitrogens is 1. The van der Waals surface area contributed by atoms with Crippen molar-refractivity contribution in [2.24, 2.45) is 0 Å². The molecule has 0 bridgehead atoms. The van der Waals surface area contributed by atoms with Crippen LogP contribution in [0.3, 0.4) is 0 Å². The molecule has 4 heterocycles. The lowest BCUT2D eigenvalue weighted by Crippen LogP contribution is -2.49. The van der Waals surface area contributed by atoms with Gasteiger partial charge in [-0.15, -0.1) is 0 Å². The number of aromatic amines is 1. The zero-order valence-electron chi connectivity index (χ0n) is 19.0. The number of aryl methyl sites for hydroxylation is 1. The molecule has 180 valence electrons. The van der Waals surface area contributed by atoms with E-state index in [4.69, 9.17) is 4.74 Å². The molecule has 1 aliphatic heterocycles. The minimum absolute atomic E-state index is 0.0943. The minimum Gasteiger partial charge on any atom is -0.382 e. The molecule has 3 aromatic heterocycles. The summed E-state index contributed by atoms with van der Waals surface area (Å²) in [6.45, 7) is 2.65. The summed E-state index contributed by atoms with van der Waals surface area (Å²) in [5.74, 6) is -1.02. The SMILES string of the molecule is COC[C@H]1Cn2cc(-c3nc(Nc4ccn[nH]4)ncc3C)nc2C(=O)N1Cc1ccc(F)c(F)c1. The van der Waals surface area contributed by atoms with Crippen molar-refractivity contribution >= 4 is 17.7 Å². The zero-order valence-corrected chi connectivity index (χ0v) is 19.0. The maximum absolute atomic E-state index is 13.8. The standard InChI is InChI=1S/C23H22F2N8O2/c1-13-8-26-23(29-19-5-6-27-31-19)30-20(13)18-11-32-10-15(12-35-2)33(22(34)21(32)28-18)9-14-3-4-16(24)17(25)7-14/h3-8,11,15H,9-10,12H2,1-2H3,(H2,26,27,29,30,31)/t15-/m1/s1. The number of nitrogens with zero attached hydrogens (tertiary/aromatic N) is 6. The highest BCUT2D eigenvalue weighted by atomic mass is 19.2. The highest BCUT2D eigenvalue weighted by molar-refractivity contribution is 5.92. The number of amides is 1. The van der Waals surface area contributed by atoms with Crippen LogP contribution in [-0.4, -0.2) is 60.3 Å². The molecule has 10 nitrogen and oxygen atoms in total. The Morgan fingerprint density at radius 3 is 2.83 bits per heavy atom. The quantitative estimate of drug-likeness (QED) is 0.418. The molecule has 1 aliphatic rings. The largest absolute Gasteiger partial charge is 0.382 e. The first kappa shape index (κ1) is 22.6. The Kier molecular flexibility index (Phi) is 5.95. The van der Waals surface area contributed by atoms with E-state index in [0.717, 1.165) is 17.7 Å². The third kappa shape index (κ3) is 4.47. The molecule has 0 spiro atoms. The van der Waals surface area contributed by atoms with Gasteiger partial charge in [-0.05, 0) is 30.2 Å². The maximum atomic E-state index is 13.8. The van der Waals surface area contributed by atoms with Crippen LogP contribution in [-0.2, 0) is 17.8 Å². The Labute approximate surface area is 199 Å². The van der Waals surface area contributed by atoms with E-state index in [1.807, 2.05) is 6.92 Å². The van der Waals surface area contributed by atoms with E-state index >= 15 is 0 Å². The molecule has 0 radical (unpaired) electrons. The second kappa shape index (κ2) is 9.22. The van der Waals surface area contributed by atoms with Crippen molar-refractivity contribution in [3.05, 3.63) is 71.4 Å². The fourth-order valence-corrected chi connectivity index (χ4v) is 4.04. The van der Waals surface area contributed by atoms with Gasteiger partial charge in [0, 0.05) is 38.7 Å². The van der Waals surface area contributed by atoms with E-state index in [-0.39, 0.29) is 30.9 Å². The van der Waals surface area contributed by atoms with Gasteiger partial charge in [-0.25, -0.2) is 23.7 Å². The summed E-state index contributed by atoms with van der Waals surface area (Å²) in [7, 11) is 1.55. The fraction of sp³-hybridized carbons (Fsp3) is 0.261. The van der Waals surface area contributed by atoms with Crippen LogP contribution in [0.25, 0.3) is 11.4 Å². The van der Waals surface area contributed by atoms with Gasteiger partial charge in [-0.2, -0.15) is 5.10 Å². The van der Waals surface area contributed by atoms with Crippen molar-refractivity contribution in [3.63, 3.8) is 0 Å². The van der Waals surface area contributed by atoms with Crippen LogP contribution in [0.5, 0.6) is 0 Å². The molecule has 1 aromatic carbocycles. The Hall–Kier alpha value is -4.19. The average Bonchev–Trinajstić information content (AvgIpc) is 3.50. The van der Waals surface area contributed by atoms with E-state index in [1.165, 1.54) is 6.07 Å². The van der Waals surface area contributed by atoms with Crippen LogP contribution in [0.2, 0.25) is 0 Å². The number of fused-ring (bicyclic) bond motifs is 1. The number of aromatic nitrogens is 6. The molecular formula is C23H22F2N8O2. The zero-order chi connectivity index (χ0) is 24.5. The molecule has 0 aliphatic carbocycles. The molecule has 1 atom stereocenters. The Morgan fingerprint density at radius 2 is 2.09 bits per heavy atom. The molecule has 1 amide bonds. The molecule has 0 fully saturated rings. The number of hydrogen-bond acceptors (Lipinski definition) is 7. The minimum atomic E-state index is -0.960. The third-order valence-electron chi connectivity index (χ3n) is 5.73. The van der Waals surface area contributed by atoms with Gasteiger partial charge in [-0.3, -0.25) is 9.89 Å². The van der Waals surface area contributed by atoms with E-state index < -0.39 is 11.6 Å². The van der Waals surface area contributed by atoms with Crippen LogP contribution >= 0.6 is 0 Å². The van der Waals surface area contributed by atoms with Crippen molar-refractivity contribution in [1.29, 1.82) is 0 Å². The number of halogens is 2. The third-order valence-corrected chi connectivity index (χ3v) is 5.73. The number of carbonyl (C=O) groups is 1. The molecule has 0 saturated heterocycles. The Bertz CT molecular complexity index is 1370. The lowest BCUT2D eigenvalue weighted by molar-refractivity contribution is 0.0379. The van der Waals surface area contributed by atoms with Gasteiger partial charge in [0.2, 0.25) is 5.95 Å². The number of methoxy groups -OCH3 is 1. The summed E-state index contributed by atoms with van der Waals surface area (Å²) in [6, 6.07) is 5.03. The van der Waals surface area contributed by atoms with Gasteiger partial charge in [0.05, 0.1) is 24.5 Å². The summed E-state index contributed by atoms with van der Waals surface area (Å²) in [5, 5.41) is 9.71. The number of ether oxygens (including phenoxy) is 1. The van der Waals surface area contributed by atoms with Crippen molar-refractivity contribution in [3.8, 4) is 11.4 Å². The lowest BCUT2D eigenvalue weighted by atomic mass is 10.1. The number of nitrogens with one attached hydrogen (secondary N) is 2. The van der Waals surface area contributed by atoms with E-state index in [2.05, 4.69) is 30.5 Å². The second-order valence-electron chi connectivity index (χ2n) is 8.21. The monoisotopic (exact) mass is 480 g/mol. The summed E-state index contributed by atoms with van der Waals surface area (Å²) in [4.78, 5) is 28.4.